The summed E-state index contributed by atoms with van der Waals surface area (Å²) in [6.45, 7) is 0. The molecular weight excluding hydrogens is 272 g/mol. The second-order valence-corrected chi connectivity index (χ2v) is 4.11. The average molecular weight is 296 g/mol. The zero-order chi connectivity index (χ0) is 11.1. The van der Waals surface area contributed by atoms with Crippen LogP contribution in [0.1, 0.15) is 25.7 Å². The van der Waals surface area contributed by atoms with E-state index in [4.69, 9.17) is 0 Å². The van der Waals surface area contributed by atoms with Crippen molar-refractivity contribution in [3.05, 3.63) is 87.4 Å². The molecule has 3 aliphatic carbocycles. The molecule has 0 saturated carbocycles. The maximum absolute atomic E-state index is 2.39. The molecule has 104 valence electrons. The van der Waals surface area contributed by atoms with Crippen LogP contribution in [-0.2, 0) is 17.1 Å². The molecular formula is C18H24Fe. The number of hydrogen-bond donors (Lipinski definition) is 0. The molecule has 0 aromatic heterocycles. The van der Waals surface area contributed by atoms with Crippen LogP contribution in [0.3, 0.4) is 0 Å². The van der Waals surface area contributed by atoms with Crippen molar-refractivity contribution in [1.82, 2.24) is 0 Å². The molecule has 0 aliphatic heterocycles. The van der Waals surface area contributed by atoms with E-state index >= 15 is 0 Å². The normalized spacial score (nSPS) is 18.1. The molecule has 0 N–H and O–H groups in total. The quantitative estimate of drug-likeness (QED) is 0.449. The summed E-state index contributed by atoms with van der Waals surface area (Å²) in [6, 6.07) is 0. The van der Waals surface area contributed by atoms with Gasteiger partial charge < -0.3 is 14.9 Å². The minimum Gasteiger partial charge on any atom is -0.358 e. The first-order chi connectivity index (χ1) is 7.97. The Morgan fingerprint density at radius 3 is 1.95 bits per heavy atom. The Kier molecular flexibility index (Phi) is 13.3. The van der Waals surface area contributed by atoms with E-state index in [1.54, 1.807) is 5.57 Å². The molecule has 2 radical (unpaired) electrons. The van der Waals surface area contributed by atoms with Gasteiger partial charge in [-0.25, -0.2) is 0 Å². The summed E-state index contributed by atoms with van der Waals surface area (Å²) in [5.41, 5.74) is 2.99. The van der Waals surface area contributed by atoms with Crippen molar-refractivity contribution < 1.29 is 17.1 Å². The summed E-state index contributed by atoms with van der Waals surface area (Å²) in [5.74, 6) is 0. The van der Waals surface area contributed by atoms with E-state index in [0.29, 0.717) is 0 Å². The van der Waals surface area contributed by atoms with Gasteiger partial charge in [-0.15, -0.1) is 0 Å². The van der Waals surface area contributed by atoms with Crippen molar-refractivity contribution in [3.63, 3.8) is 0 Å². The van der Waals surface area contributed by atoms with Crippen LogP contribution in [0.4, 0.5) is 0 Å². The van der Waals surface area contributed by atoms with Crippen LogP contribution in [-0.4, -0.2) is 0 Å². The molecule has 0 aromatic carbocycles. The van der Waals surface area contributed by atoms with E-state index in [1.807, 2.05) is 30.7 Å². The van der Waals surface area contributed by atoms with E-state index in [1.165, 1.54) is 31.3 Å². The van der Waals surface area contributed by atoms with E-state index in [0.717, 1.165) is 0 Å². The standard InChI is InChI=1S/C11H13.C5H5.2CH3.Fe/c1-2-6-10(7-3-1)11-8-4-5-9-11;1-2-4-5-3-1;;;/h4-6,8-9H,1-3,7H2;1-5H;2*1H3;/q;;2*-1;+2. The van der Waals surface area contributed by atoms with Crippen LogP contribution < -0.4 is 0 Å². The van der Waals surface area contributed by atoms with E-state index in [9.17, 15) is 0 Å². The molecule has 0 heterocycles. The predicted molar refractivity (Wildman–Crippen MR) is 83.5 cm³/mol. The average Bonchev–Trinajstić information content (AvgIpc) is 3.07. The van der Waals surface area contributed by atoms with Gasteiger partial charge in [0.15, 0.2) is 0 Å². The molecule has 0 atom stereocenters. The van der Waals surface area contributed by atoms with Crippen molar-refractivity contribution in [2.24, 2.45) is 0 Å². The summed E-state index contributed by atoms with van der Waals surface area (Å²) >= 11 is 0. The van der Waals surface area contributed by atoms with Crippen molar-refractivity contribution in [3.8, 4) is 0 Å². The van der Waals surface area contributed by atoms with Gasteiger partial charge in [-0.1, -0.05) is 48.6 Å². The molecule has 19 heavy (non-hydrogen) atoms. The van der Waals surface area contributed by atoms with Crippen molar-refractivity contribution >= 4 is 0 Å². The van der Waals surface area contributed by atoms with Crippen LogP contribution >= 0.6 is 0 Å². The van der Waals surface area contributed by atoms with Gasteiger partial charge in [0.1, 0.15) is 0 Å². The summed E-state index contributed by atoms with van der Waals surface area (Å²) < 4.78 is 0. The Labute approximate surface area is 130 Å². The zero-order valence-corrected chi connectivity index (χ0v) is 13.1. The molecule has 0 aromatic rings. The second-order valence-electron chi connectivity index (χ2n) is 4.11. The predicted octanol–water partition coefficient (Wildman–Crippen LogP) is 5.40. The molecule has 0 unspecified atom stereocenters. The molecule has 0 saturated heterocycles. The minimum atomic E-state index is 0. The second kappa shape index (κ2) is 12.3. The SMILES string of the molecule is [CH3-].[CH3-].[CH]1C=CC=C1.[CH]1C=CC=C1C1=CCCCC1.[Fe+2]. The van der Waals surface area contributed by atoms with E-state index < -0.39 is 0 Å². The van der Waals surface area contributed by atoms with E-state index in [-0.39, 0.29) is 31.9 Å². The Balaban J connectivity index is 0. The molecule has 3 rings (SSSR count). The van der Waals surface area contributed by atoms with Crippen molar-refractivity contribution in [1.29, 1.82) is 0 Å². The summed E-state index contributed by atoms with van der Waals surface area (Å²) in [4.78, 5) is 0. The van der Waals surface area contributed by atoms with E-state index in [2.05, 4.69) is 30.7 Å². The number of rotatable bonds is 1. The maximum Gasteiger partial charge on any atom is 2.00 e. The van der Waals surface area contributed by atoms with Gasteiger partial charge in [-0.2, -0.15) is 0 Å². The fourth-order valence-corrected chi connectivity index (χ4v) is 2.01. The van der Waals surface area contributed by atoms with Crippen molar-refractivity contribution in [2.75, 3.05) is 0 Å². The molecule has 0 amide bonds. The summed E-state index contributed by atoms with van der Waals surface area (Å²) in [6.07, 6.45) is 26.3. The van der Waals surface area contributed by atoms with Crippen LogP contribution in [0.15, 0.2) is 59.8 Å². The van der Waals surface area contributed by atoms with Crippen LogP contribution in [0.2, 0.25) is 0 Å². The van der Waals surface area contributed by atoms with Gasteiger partial charge in [-0.05, 0) is 36.8 Å². The third-order valence-electron chi connectivity index (χ3n) is 2.88. The smallest absolute Gasteiger partial charge is 0.358 e. The first-order valence-electron chi connectivity index (χ1n) is 6.04. The monoisotopic (exact) mass is 296 g/mol. The Morgan fingerprint density at radius 2 is 1.53 bits per heavy atom. The summed E-state index contributed by atoms with van der Waals surface area (Å²) in [5, 5.41) is 0. The Morgan fingerprint density at radius 1 is 0.789 bits per heavy atom. The van der Waals surface area contributed by atoms with Gasteiger partial charge in [0.25, 0.3) is 0 Å². The fourth-order valence-electron chi connectivity index (χ4n) is 2.01. The van der Waals surface area contributed by atoms with Crippen LogP contribution in [0.25, 0.3) is 0 Å². The summed E-state index contributed by atoms with van der Waals surface area (Å²) in [7, 11) is 0. The molecule has 3 aliphatic rings. The van der Waals surface area contributed by atoms with Gasteiger partial charge in [0.05, 0.1) is 0 Å². The van der Waals surface area contributed by atoms with Crippen molar-refractivity contribution in [2.45, 2.75) is 25.7 Å². The molecule has 1 heteroatoms. The molecule has 0 fully saturated rings. The first-order valence-corrected chi connectivity index (χ1v) is 6.04. The van der Waals surface area contributed by atoms with Gasteiger partial charge in [-0.3, -0.25) is 0 Å². The molecule has 0 spiro atoms. The Bertz CT molecular complexity index is 357. The number of allylic oxidation sites excluding steroid dienone is 10. The van der Waals surface area contributed by atoms with Crippen LogP contribution in [0.5, 0.6) is 0 Å². The van der Waals surface area contributed by atoms with Crippen LogP contribution in [0, 0.1) is 27.7 Å². The largest absolute Gasteiger partial charge is 2.00 e. The fraction of sp³-hybridized carbons (Fsp3) is 0.222. The van der Waals surface area contributed by atoms with Gasteiger partial charge >= 0.3 is 17.1 Å². The molecule has 0 bridgehead atoms. The topological polar surface area (TPSA) is 0 Å². The van der Waals surface area contributed by atoms with Gasteiger partial charge in [0, 0.05) is 12.8 Å². The first kappa shape index (κ1) is 20.5. The van der Waals surface area contributed by atoms with Gasteiger partial charge in [0.2, 0.25) is 0 Å². The maximum atomic E-state index is 2.39. The zero-order valence-electron chi connectivity index (χ0n) is 12.0. The third kappa shape index (κ3) is 7.40. The third-order valence-corrected chi connectivity index (χ3v) is 2.88. The number of hydrogen-bond acceptors (Lipinski definition) is 0. The molecule has 0 nitrogen and oxygen atoms in total. The Hall–Kier alpha value is -0.781. The minimum absolute atomic E-state index is 0.